The third kappa shape index (κ3) is 4.01. The quantitative estimate of drug-likeness (QED) is 0.740. The summed E-state index contributed by atoms with van der Waals surface area (Å²) in [7, 11) is 0. The van der Waals surface area contributed by atoms with Gasteiger partial charge in [0.05, 0.1) is 11.5 Å². The van der Waals surface area contributed by atoms with E-state index in [0.717, 1.165) is 31.5 Å². The van der Waals surface area contributed by atoms with Gasteiger partial charge in [-0.2, -0.15) is 4.98 Å². The zero-order valence-electron chi connectivity index (χ0n) is 16.6. The second-order valence-electron chi connectivity index (χ2n) is 8.01. The highest BCUT2D eigenvalue weighted by Gasteiger charge is 2.35. The Bertz CT molecular complexity index is 1020. The number of nitrogens with zero attached hydrogens (tertiary/aromatic N) is 2. The second-order valence-corrected chi connectivity index (χ2v) is 8.01. The molecule has 3 N–H and O–H groups in total. The lowest BCUT2D eigenvalue weighted by molar-refractivity contribution is -0.123. The van der Waals surface area contributed by atoms with Crippen LogP contribution in [0.5, 0.6) is 0 Å². The van der Waals surface area contributed by atoms with Crippen LogP contribution in [0.4, 0.5) is 17.5 Å². The molecule has 1 fully saturated rings. The Morgan fingerprint density at radius 3 is 2.90 bits per heavy atom. The number of hydrogen-bond acceptors (Lipinski definition) is 5. The number of nitrogens with one attached hydrogen (secondary N) is 3. The van der Waals surface area contributed by atoms with Crippen molar-refractivity contribution in [2.75, 3.05) is 28.6 Å². The normalized spacial score (nSPS) is 21.3. The summed E-state index contributed by atoms with van der Waals surface area (Å²) in [6.45, 7) is 5.69. The molecular formula is C21H25N5O3. The van der Waals surface area contributed by atoms with Gasteiger partial charge >= 0.3 is 0 Å². The molecule has 29 heavy (non-hydrogen) atoms. The number of aromatic nitrogens is 2. The predicted octanol–water partition coefficient (Wildman–Crippen LogP) is 2.38. The number of aromatic amines is 1. The predicted molar refractivity (Wildman–Crippen MR) is 111 cm³/mol. The number of fused-ring (bicyclic) bond motifs is 1. The molecule has 152 valence electrons. The summed E-state index contributed by atoms with van der Waals surface area (Å²) < 4.78 is 0. The van der Waals surface area contributed by atoms with Gasteiger partial charge in [-0.15, -0.1) is 0 Å². The standard InChI is InChI=1S/C21H25N5O3/c1-12-5-3-7-14(9-12)22-19(28)15-10-16(27)23-18-17(15)20(29)25-21(24-18)26-8-4-6-13(2)11-26/h3,5,7,9,13,15H,4,6,8,10-11H2,1-2H3,(H,22,28)(H2,23,24,25,27,29)/t13-,15-/m1/s1. The molecule has 0 aliphatic carbocycles. The molecule has 0 saturated carbocycles. The van der Waals surface area contributed by atoms with Crippen LogP contribution in [0.25, 0.3) is 0 Å². The van der Waals surface area contributed by atoms with E-state index in [-0.39, 0.29) is 29.3 Å². The van der Waals surface area contributed by atoms with Crippen molar-refractivity contribution in [1.29, 1.82) is 0 Å². The van der Waals surface area contributed by atoms with Crippen molar-refractivity contribution < 1.29 is 9.59 Å². The molecule has 3 heterocycles. The van der Waals surface area contributed by atoms with E-state index < -0.39 is 11.8 Å². The van der Waals surface area contributed by atoms with Gasteiger partial charge in [-0.05, 0) is 43.4 Å². The van der Waals surface area contributed by atoms with Crippen LogP contribution in [0.3, 0.4) is 0 Å². The smallest absolute Gasteiger partial charge is 0.258 e. The largest absolute Gasteiger partial charge is 0.342 e. The van der Waals surface area contributed by atoms with Crippen molar-refractivity contribution in [2.24, 2.45) is 5.92 Å². The number of carbonyl (C=O) groups is 2. The molecule has 0 radical (unpaired) electrons. The Morgan fingerprint density at radius 2 is 2.14 bits per heavy atom. The highest BCUT2D eigenvalue weighted by molar-refractivity contribution is 6.04. The number of anilines is 3. The first-order valence-electron chi connectivity index (χ1n) is 9.97. The van der Waals surface area contributed by atoms with E-state index in [1.807, 2.05) is 30.0 Å². The molecule has 1 aromatic carbocycles. The van der Waals surface area contributed by atoms with Gasteiger partial charge in [0.2, 0.25) is 17.8 Å². The summed E-state index contributed by atoms with van der Waals surface area (Å²) in [5.74, 6) is -0.461. The highest BCUT2D eigenvalue weighted by atomic mass is 16.2. The second kappa shape index (κ2) is 7.69. The van der Waals surface area contributed by atoms with Crippen LogP contribution in [0.1, 0.15) is 43.2 Å². The number of benzene rings is 1. The van der Waals surface area contributed by atoms with Crippen molar-refractivity contribution in [3.8, 4) is 0 Å². The molecule has 0 spiro atoms. The number of carbonyl (C=O) groups excluding carboxylic acids is 2. The molecule has 2 amide bonds. The fourth-order valence-electron chi connectivity index (χ4n) is 4.07. The zero-order valence-corrected chi connectivity index (χ0v) is 16.6. The summed E-state index contributed by atoms with van der Waals surface area (Å²) in [5.41, 5.74) is 1.46. The minimum atomic E-state index is -0.884. The molecule has 2 aliphatic heterocycles. The van der Waals surface area contributed by atoms with Crippen LogP contribution in [-0.2, 0) is 9.59 Å². The van der Waals surface area contributed by atoms with Gasteiger partial charge in [0.1, 0.15) is 5.82 Å². The molecule has 0 bridgehead atoms. The molecule has 8 nitrogen and oxygen atoms in total. The van der Waals surface area contributed by atoms with Gasteiger partial charge in [-0.3, -0.25) is 19.4 Å². The van der Waals surface area contributed by atoms with Gasteiger partial charge in [-0.25, -0.2) is 0 Å². The number of amides is 2. The topological polar surface area (TPSA) is 107 Å². The number of aryl methyl sites for hydroxylation is 1. The van der Waals surface area contributed by atoms with Crippen molar-refractivity contribution >= 4 is 29.3 Å². The maximum atomic E-state index is 12.9. The van der Waals surface area contributed by atoms with Gasteiger partial charge < -0.3 is 15.5 Å². The molecule has 2 atom stereocenters. The maximum Gasteiger partial charge on any atom is 0.258 e. The number of piperidine rings is 1. The fraction of sp³-hybridized carbons (Fsp3) is 0.429. The summed E-state index contributed by atoms with van der Waals surface area (Å²) in [6.07, 6.45) is 2.08. The van der Waals surface area contributed by atoms with Crippen LogP contribution < -0.4 is 21.1 Å². The zero-order chi connectivity index (χ0) is 20.5. The molecule has 2 aromatic rings. The average molecular weight is 395 g/mol. The summed E-state index contributed by atoms with van der Waals surface area (Å²) in [4.78, 5) is 47.4. The first-order valence-corrected chi connectivity index (χ1v) is 9.97. The van der Waals surface area contributed by atoms with Gasteiger partial charge in [0.15, 0.2) is 0 Å². The Morgan fingerprint density at radius 1 is 1.31 bits per heavy atom. The molecule has 1 aromatic heterocycles. The Labute approximate surface area is 168 Å². The molecule has 1 saturated heterocycles. The molecular weight excluding hydrogens is 370 g/mol. The summed E-state index contributed by atoms with van der Waals surface area (Å²) in [5, 5.41) is 5.49. The van der Waals surface area contributed by atoms with Crippen molar-refractivity contribution in [3.63, 3.8) is 0 Å². The lowest BCUT2D eigenvalue weighted by Gasteiger charge is -2.32. The SMILES string of the molecule is Cc1cccc(NC(=O)[C@@H]2CC(=O)Nc3nc(N4CCC[C@@H](C)C4)[nH]c(=O)c32)c1. The van der Waals surface area contributed by atoms with Crippen LogP contribution in [0.2, 0.25) is 0 Å². The minimum absolute atomic E-state index is 0.0878. The lowest BCUT2D eigenvalue weighted by atomic mass is 9.92. The van der Waals surface area contributed by atoms with E-state index in [4.69, 9.17) is 0 Å². The number of rotatable bonds is 3. The molecule has 4 rings (SSSR count). The monoisotopic (exact) mass is 395 g/mol. The van der Waals surface area contributed by atoms with E-state index in [1.165, 1.54) is 0 Å². The first-order chi connectivity index (χ1) is 13.9. The minimum Gasteiger partial charge on any atom is -0.342 e. The van der Waals surface area contributed by atoms with E-state index in [1.54, 1.807) is 6.07 Å². The van der Waals surface area contributed by atoms with Gasteiger partial charge in [-0.1, -0.05) is 19.1 Å². The molecule has 0 unspecified atom stereocenters. The van der Waals surface area contributed by atoms with Crippen LogP contribution >= 0.6 is 0 Å². The van der Waals surface area contributed by atoms with E-state index in [2.05, 4.69) is 27.5 Å². The Kier molecular flexibility index (Phi) is 5.08. The summed E-state index contributed by atoms with van der Waals surface area (Å²) >= 11 is 0. The molecule has 8 heteroatoms. The third-order valence-electron chi connectivity index (χ3n) is 5.50. The van der Waals surface area contributed by atoms with Crippen molar-refractivity contribution in [2.45, 2.75) is 39.0 Å². The van der Waals surface area contributed by atoms with Gasteiger partial charge in [0, 0.05) is 25.2 Å². The number of hydrogen-bond donors (Lipinski definition) is 3. The fourth-order valence-corrected chi connectivity index (χ4v) is 4.07. The van der Waals surface area contributed by atoms with Gasteiger partial charge in [0.25, 0.3) is 5.56 Å². The highest BCUT2D eigenvalue weighted by Crippen LogP contribution is 2.31. The first kappa shape index (κ1) is 19.2. The summed E-state index contributed by atoms with van der Waals surface area (Å²) in [6, 6.07) is 7.38. The van der Waals surface area contributed by atoms with Crippen molar-refractivity contribution in [1.82, 2.24) is 9.97 Å². The lowest BCUT2D eigenvalue weighted by Crippen LogP contribution is -2.40. The van der Waals surface area contributed by atoms with Crippen LogP contribution in [-0.4, -0.2) is 34.9 Å². The van der Waals surface area contributed by atoms with Crippen LogP contribution in [0.15, 0.2) is 29.1 Å². The molecule has 2 aliphatic rings. The Hall–Kier alpha value is -3.16. The van der Waals surface area contributed by atoms with E-state index in [9.17, 15) is 14.4 Å². The Balaban J connectivity index is 1.65. The van der Waals surface area contributed by atoms with E-state index in [0.29, 0.717) is 17.6 Å². The number of H-pyrrole nitrogens is 1. The van der Waals surface area contributed by atoms with Crippen molar-refractivity contribution in [3.05, 3.63) is 45.7 Å². The van der Waals surface area contributed by atoms with Crippen LogP contribution in [0, 0.1) is 12.8 Å². The maximum absolute atomic E-state index is 12.9. The third-order valence-corrected chi connectivity index (χ3v) is 5.50. The average Bonchev–Trinajstić information content (AvgIpc) is 2.67. The van der Waals surface area contributed by atoms with E-state index >= 15 is 0 Å².